The number of carbonyl (C=O) groups excluding carboxylic acids is 2. The predicted octanol–water partition coefficient (Wildman–Crippen LogP) is 5.09. The number of halogens is 5. The van der Waals surface area contributed by atoms with E-state index in [2.05, 4.69) is 32.1 Å². The highest BCUT2D eigenvalue weighted by Gasteiger charge is 2.65. The van der Waals surface area contributed by atoms with E-state index in [9.17, 15) is 27.2 Å². The standard InChI is InChI=1S/C18H11F4IO4/c19-17(20)18(21,22)27-16-9-11(4-7-15(16)26-17)14(25)6-5-13(24)10-2-1-3-12(23)8-10/h1-4,7-9H,5-6H2. The molecule has 1 heterocycles. The molecule has 0 amide bonds. The molecular weight excluding hydrogens is 483 g/mol. The van der Waals surface area contributed by atoms with Gasteiger partial charge in [0.1, 0.15) is 0 Å². The molecule has 2 aromatic rings. The van der Waals surface area contributed by atoms with Gasteiger partial charge in [0.25, 0.3) is 0 Å². The van der Waals surface area contributed by atoms with Crippen LogP contribution in [-0.2, 0) is 0 Å². The maximum absolute atomic E-state index is 13.2. The van der Waals surface area contributed by atoms with Crippen LogP contribution in [0.1, 0.15) is 33.6 Å². The summed E-state index contributed by atoms with van der Waals surface area (Å²) in [5.41, 5.74) is 0.410. The minimum Gasteiger partial charge on any atom is -0.421 e. The third kappa shape index (κ3) is 4.07. The average molecular weight is 494 g/mol. The molecule has 0 fully saturated rings. The minimum atomic E-state index is -4.86. The van der Waals surface area contributed by atoms with Crippen LogP contribution >= 0.6 is 22.6 Å². The number of carbonyl (C=O) groups is 2. The Balaban J connectivity index is 1.71. The molecule has 1 aliphatic heterocycles. The highest BCUT2D eigenvalue weighted by Crippen LogP contribution is 2.47. The number of fused-ring (bicyclic) bond motifs is 1. The zero-order chi connectivity index (χ0) is 19.8. The van der Waals surface area contributed by atoms with E-state index in [1.54, 1.807) is 18.2 Å². The van der Waals surface area contributed by atoms with E-state index >= 15 is 0 Å². The van der Waals surface area contributed by atoms with Crippen molar-refractivity contribution in [2.24, 2.45) is 0 Å². The van der Waals surface area contributed by atoms with Crippen LogP contribution in [0.2, 0.25) is 0 Å². The SMILES string of the molecule is O=C(CCC(=O)c1ccc2c(c1)OC(F)(F)C(F)(F)O2)c1cccc(I)c1. The lowest BCUT2D eigenvalue weighted by Gasteiger charge is -2.31. The van der Waals surface area contributed by atoms with Crippen molar-refractivity contribution in [2.75, 3.05) is 0 Å². The number of rotatable bonds is 5. The fourth-order valence-corrected chi connectivity index (χ4v) is 2.96. The molecule has 0 atom stereocenters. The van der Waals surface area contributed by atoms with Gasteiger partial charge in [-0.3, -0.25) is 9.59 Å². The van der Waals surface area contributed by atoms with Crippen molar-refractivity contribution in [1.82, 2.24) is 0 Å². The van der Waals surface area contributed by atoms with E-state index < -0.39 is 29.5 Å². The van der Waals surface area contributed by atoms with Crippen molar-refractivity contribution in [3.05, 3.63) is 57.2 Å². The van der Waals surface area contributed by atoms with Crippen molar-refractivity contribution in [1.29, 1.82) is 0 Å². The van der Waals surface area contributed by atoms with Gasteiger partial charge < -0.3 is 9.47 Å². The van der Waals surface area contributed by atoms with Gasteiger partial charge in [0.15, 0.2) is 23.1 Å². The second kappa shape index (κ2) is 7.10. The Kier molecular flexibility index (Phi) is 5.15. The van der Waals surface area contributed by atoms with E-state index in [1.807, 2.05) is 6.07 Å². The van der Waals surface area contributed by atoms with Gasteiger partial charge in [0, 0.05) is 27.5 Å². The Morgan fingerprint density at radius 1 is 0.815 bits per heavy atom. The van der Waals surface area contributed by atoms with Crippen LogP contribution in [0.3, 0.4) is 0 Å². The van der Waals surface area contributed by atoms with Crippen molar-refractivity contribution < 1.29 is 36.6 Å². The summed E-state index contributed by atoms with van der Waals surface area (Å²) < 4.78 is 61.6. The lowest BCUT2D eigenvalue weighted by Crippen LogP contribution is -2.52. The number of Topliss-reactive ketones (excluding diaryl/α,β-unsaturated/α-hetero) is 2. The molecule has 1 aliphatic rings. The Morgan fingerprint density at radius 3 is 1.96 bits per heavy atom. The quantitative estimate of drug-likeness (QED) is 0.330. The molecule has 0 saturated heterocycles. The summed E-state index contributed by atoms with van der Waals surface area (Å²) in [5.74, 6) is -2.02. The zero-order valence-corrected chi connectivity index (χ0v) is 15.6. The molecule has 4 nitrogen and oxygen atoms in total. The minimum absolute atomic E-state index is 0.0474. The topological polar surface area (TPSA) is 52.6 Å². The third-order valence-corrected chi connectivity index (χ3v) is 4.48. The van der Waals surface area contributed by atoms with Crippen molar-refractivity contribution in [3.8, 4) is 11.5 Å². The first kappa shape index (κ1) is 19.6. The summed E-state index contributed by atoms with van der Waals surface area (Å²) in [6.07, 6.45) is -9.93. The molecule has 0 spiro atoms. The fourth-order valence-electron chi connectivity index (χ4n) is 2.42. The molecule has 0 aliphatic carbocycles. The predicted molar refractivity (Wildman–Crippen MR) is 94.6 cm³/mol. The van der Waals surface area contributed by atoms with Crippen LogP contribution in [0.15, 0.2) is 42.5 Å². The van der Waals surface area contributed by atoms with Crippen LogP contribution in [0.4, 0.5) is 17.6 Å². The van der Waals surface area contributed by atoms with Crippen LogP contribution in [0.5, 0.6) is 11.5 Å². The highest BCUT2D eigenvalue weighted by atomic mass is 127. The second-order valence-corrected chi connectivity index (χ2v) is 7.00. The molecule has 2 aromatic carbocycles. The maximum Gasteiger partial charge on any atom is 0.507 e. The van der Waals surface area contributed by atoms with Gasteiger partial charge in [0.2, 0.25) is 0 Å². The Hall–Kier alpha value is -2.17. The van der Waals surface area contributed by atoms with E-state index in [0.29, 0.717) is 5.56 Å². The van der Waals surface area contributed by atoms with Crippen LogP contribution < -0.4 is 9.47 Å². The van der Waals surface area contributed by atoms with Crippen LogP contribution in [0, 0.1) is 3.57 Å². The number of ether oxygens (including phenoxy) is 2. The molecule has 142 valence electrons. The maximum atomic E-state index is 13.2. The molecule has 9 heteroatoms. The fraction of sp³-hybridized carbons (Fsp3) is 0.222. The number of ketones is 2. The second-order valence-electron chi connectivity index (χ2n) is 5.76. The van der Waals surface area contributed by atoms with Crippen molar-refractivity contribution in [3.63, 3.8) is 0 Å². The molecule has 27 heavy (non-hydrogen) atoms. The molecule has 0 radical (unpaired) electrons. The van der Waals surface area contributed by atoms with Crippen LogP contribution in [0.25, 0.3) is 0 Å². The average Bonchev–Trinajstić information content (AvgIpc) is 2.59. The van der Waals surface area contributed by atoms with E-state index in [-0.39, 0.29) is 24.2 Å². The number of hydrogen-bond donors (Lipinski definition) is 0. The summed E-state index contributed by atoms with van der Waals surface area (Å²) in [6, 6.07) is 9.84. The number of benzene rings is 2. The zero-order valence-electron chi connectivity index (χ0n) is 13.5. The molecule has 0 aromatic heterocycles. The van der Waals surface area contributed by atoms with E-state index in [0.717, 1.165) is 21.8 Å². The van der Waals surface area contributed by atoms with Crippen LogP contribution in [-0.4, -0.2) is 23.8 Å². The van der Waals surface area contributed by atoms with E-state index in [4.69, 9.17) is 0 Å². The Bertz CT molecular complexity index is 914. The van der Waals surface area contributed by atoms with Gasteiger partial charge in [0.05, 0.1) is 0 Å². The summed E-state index contributed by atoms with van der Waals surface area (Å²) in [5, 5.41) is 0. The lowest BCUT2D eigenvalue weighted by molar-refractivity contribution is -0.391. The largest absolute Gasteiger partial charge is 0.507 e. The molecule has 0 saturated carbocycles. The first-order valence-electron chi connectivity index (χ1n) is 7.69. The molecule has 3 rings (SSSR count). The summed E-state index contributed by atoms with van der Waals surface area (Å²) in [4.78, 5) is 24.4. The Morgan fingerprint density at radius 2 is 1.37 bits per heavy atom. The summed E-state index contributed by atoms with van der Waals surface area (Å²) in [7, 11) is 0. The smallest absolute Gasteiger partial charge is 0.421 e. The normalized spacial score (nSPS) is 16.6. The monoisotopic (exact) mass is 494 g/mol. The number of hydrogen-bond acceptors (Lipinski definition) is 4. The van der Waals surface area contributed by atoms with Gasteiger partial charge in [-0.25, -0.2) is 0 Å². The van der Waals surface area contributed by atoms with Crippen molar-refractivity contribution >= 4 is 34.2 Å². The molecular formula is C18H11F4IO4. The van der Waals surface area contributed by atoms with Gasteiger partial charge in [-0.15, -0.1) is 0 Å². The summed E-state index contributed by atoms with van der Waals surface area (Å²) >= 11 is 2.06. The number of alkyl halides is 4. The van der Waals surface area contributed by atoms with Gasteiger partial charge in [-0.2, -0.15) is 17.6 Å². The first-order chi connectivity index (χ1) is 12.6. The molecule has 0 unspecified atom stereocenters. The molecule has 0 N–H and O–H groups in total. The van der Waals surface area contributed by atoms with Crippen molar-refractivity contribution in [2.45, 2.75) is 25.1 Å². The van der Waals surface area contributed by atoms with Gasteiger partial charge in [-0.1, -0.05) is 12.1 Å². The first-order valence-corrected chi connectivity index (χ1v) is 8.76. The van der Waals surface area contributed by atoms with Gasteiger partial charge >= 0.3 is 12.2 Å². The molecule has 0 bridgehead atoms. The third-order valence-electron chi connectivity index (χ3n) is 3.81. The van der Waals surface area contributed by atoms with E-state index in [1.165, 1.54) is 0 Å². The summed E-state index contributed by atoms with van der Waals surface area (Å²) in [6.45, 7) is 0. The lowest BCUT2D eigenvalue weighted by atomic mass is 10.0. The Labute approximate surface area is 164 Å². The highest BCUT2D eigenvalue weighted by molar-refractivity contribution is 14.1. The van der Waals surface area contributed by atoms with Gasteiger partial charge in [-0.05, 0) is 52.9 Å².